The molecule has 1 radical (unpaired) electrons. The Hall–Kier alpha value is -0.860. The summed E-state index contributed by atoms with van der Waals surface area (Å²) in [5.74, 6) is 0. The van der Waals surface area contributed by atoms with Crippen LogP contribution in [0.2, 0.25) is 0 Å². The molecule has 0 aliphatic carbocycles. The highest BCUT2D eigenvalue weighted by Crippen LogP contribution is 2.31. The van der Waals surface area contributed by atoms with Crippen LogP contribution in [0.3, 0.4) is 0 Å². The van der Waals surface area contributed by atoms with Crippen molar-refractivity contribution in [1.82, 2.24) is 10.2 Å². The molecule has 1 saturated heterocycles. The van der Waals surface area contributed by atoms with Crippen LogP contribution in [-0.2, 0) is 6.54 Å². The van der Waals surface area contributed by atoms with Crippen molar-refractivity contribution >= 4 is 0 Å². The molecule has 2 heteroatoms. The minimum absolute atomic E-state index is 0.369. The van der Waals surface area contributed by atoms with Crippen LogP contribution in [-0.4, -0.2) is 18.0 Å². The summed E-state index contributed by atoms with van der Waals surface area (Å²) < 4.78 is 0. The molecular formula is C12H15N2. The van der Waals surface area contributed by atoms with Gasteiger partial charge in [0.05, 0.1) is 0 Å². The van der Waals surface area contributed by atoms with Crippen LogP contribution in [0.5, 0.6) is 0 Å². The fourth-order valence-electron chi connectivity index (χ4n) is 2.51. The van der Waals surface area contributed by atoms with Gasteiger partial charge < -0.3 is 0 Å². The summed E-state index contributed by atoms with van der Waals surface area (Å²) in [5, 5.41) is 4.71. The minimum Gasteiger partial charge on any atom is -0.283 e. The topological polar surface area (TPSA) is 17.3 Å². The fourth-order valence-corrected chi connectivity index (χ4v) is 2.51. The van der Waals surface area contributed by atoms with Crippen LogP contribution >= 0.6 is 0 Å². The molecule has 0 amide bonds. The highest BCUT2D eigenvalue weighted by atomic mass is 15.3. The molecule has 1 aromatic rings. The summed E-state index contributed by atoms with van der Waals surface area (Å²) in [5.41, 5.74) is 2.86. The molecule has 14 heavy (non-hydrogen) atoms. The van der Waals surface area contributed by atoms with E-state index < -0.39 is 0 Å². The summed E-state index contributed by atoms with van der Waals surface area (Å²) in [6.07, 6.45) is 3.05. The first-order valence-electron chi connectivity index (χ1n) is 5.43. The van der Waals surface area contributed by atoms with Gasteiger partial charge in [0.1, 0.15) is 6.17 Å². The van der Waals surface area contributed by atoms with Crippen molar-refractivity contribution in [2.24, 2.45) is 0 Å². The van der Waals surface area contributed by atoms with Gasteiger partial charge in [0.15, 0.2) is 0 Å². The smallest absolute Gasteiger partial charge is 0.103 e. The largest absolute Gasteiger partial charge is 0.283 e. The maximum absolute atomic E-state index is 4.71. The molecule has 2 aliphatic rings. The van der Waals surface area contributed by atoms with E-state index in [4.69, 9.17) is 5.32 Å². The Balaban J connectivity index is 1.89. The van der Waals surface area contributed by atoms with Gasteiger partial charge in [-0.1, -0.05) is 24.3 Å². The second kappa shape index (κ2) is 3.37. The molecule has 3 rings (SSSR count). The van der Waals surface area contributed by atoms with Gasteiger partial charge in [0.25, 0.3) is 0 Å². The van der Waals surface area contributed by atoms with E-state index in [1.54, 1.807) is 0 Å². The second-order valence-electron chi connectivity index (χ2n) is 4.16. The third kappa shape index (κ3) is 1.26. The summed E-state index contributed by atoms with van der Waals surface area (Å²) in [6, 6.07) is 8.67. The molecule has 0 bridgehead atoms. The van der Waals surface area contributed by atoms with Gasteiger partial charge in [-0.2, -0.15) is 0 Å². The lowest BCUT2D eigenvalue weighted by Crippen LogP contribution is -2.28. The quantitative estimate of drug-likeness (QED) is 0.656. The average molecular weight is 187 g/mol. The Morgan fingerprint density at radius 1 is 1.14 bits per heavy atom. The summed E-state index contributed by atoms with van der Waals surface area (Å²) in [7, 11) is 0. The molecule has 73 valence electrons. The first-order chi connectivity index (χ1) is 6.95. The Kier molecular flexibility index (Phi) is 2.03. The Morgan fingerprint density at radius 3 is 2.79 bits per heavy atom. The van der Waals surface area contributed by atoms with E-state index >= 15 is 0 Å². The number of benzene rings is 1. The van der Waals surface area contributed by atoms with Gasteiger partial charge in [-0.25, -0.2) is 5.32 Å². The highest BCUT2D eigenvalue weighted by molar-refractivity contribution is 5.33. The van der Waals surface area contributed by atoms with Crippen molar-refractivity contribution in [3.05, 3.63) is 35.4 Å². The van der Waals surface area contributed by atoms with Crippen molar-refractivity contribution < 1.29 is 0 Å². The van der Waals surface area contributed by atoms with Crippen LogP contribution in [0.25, 0.3) is 0 Å². The summed E-state index contributed by atoms with van der Waals surface area (Å²) >= 11 is 0. The van der Waals surface area contributed by atoms with Crippen LogP contribution < -0.4 is 5.32 Å². The molecule has 1 fully saturated rings. The molecule has 0 saturated carbocycles. The highest BCUT2D eigenvalue weighted by Gasteiger charge is 2.29. The van der Waals surface area contributed by atoms with Crippen molar-refractivity contribution in [1.29, 1.82) is 0 Å². The number of nitrogens with zero attached hydrogens (tertiary/aromatic N) is 2. The number of rotatable bonds is 1. The number of hydrogen-bond donors (Lipinski definition) is 0. The lowest BCUT2D eigenvalue weighted by molar-refractivity contribution is 0.214. The zero-order valence-corrected chi connectivity index (χ0v) is 8.32. The number of fused-ring (bicyclic) bond motifs is 1. The van der Waals surface area contributed by atoms with E-state index in [0.29, 0.717) is 6.17 Å². The van der Waals surface area contributed by atoms with Gasteiger partial charge in [-0.05, 0) is 24.0 Å². The molecule has 2 nitrogen and oxygen atoms in total. The van der Waals surface area contributed by atoms with Gasteiger partial charge in [0.2, 0.25) is 0 Å². The van der Waals surface area contributed by atoms with Gasteiger partial charge in [-0.3, -0.25) is 4.90 Å². The van der Waals surface area contributed by atoms with Crippen molar-refractivity contribution in [2.45, 2.75) is 25.6 Å². The Labute approximate surface area is 84.9 Å². The number of hydrogen-bond acceptors (Lipinski definition) is 1. The van der Waals surface area contributed by atoms with Crippen molar-refractivity contribution in [2.75, 3.05) is 13.1 Å². The first-order valence-corrected chi connectivity index (χ1v) is 5.43. The molecule has 0 spiro atoms. The predicted octanol–water partition coefficient (Wildman–Crippen LogP) is 1.90. The number of likely N-dealkylation sites (tertiary alicyclic amines) is 1. The molecule has 2 heterocycles. The van der Waals surface area contributed by atoms with E-state index in [0.717, 1.165) is 6.54 Å². The van der Waals surface area contributed by atoms with Crippen LogP contribution in [0.4, 0.5) is 0 Å². The summed E-state index contributed by atoms with van der Waals surface area (Å²) in [4.78, 5) is 2.51. The molecule has 0 aromatic heterocycles. The van der Waals surface area contributed by atoms with Crippen molar-refractivity contribution in [3.8, 4) is 0 Å². The molecule has 1 unspecified atom stereocenters. The summed E-state index contributed by atoms with van der Waals surface area (Å²) in [6.45, 7) is 3.36. The van der Waals surface area contributed by atoms with Gasteiger partial charge in [-0.15, -0.1) is 0 Å². The van der Waals surface area contributed by atoms with Crippen LogP contribution in [0.15, 0.2) is 24.3 Å². The maximum Gasteiger partial charge on any atom is 0.103 e. The van der Waals surface area contributed by atoms with E-state index in [1.165, 1.54) is 37.1 Å². The molecular weight excluding hydrogens is 172 g/mol. The zero-order chi connectivity index (χ0) is 9.38. The second-order valence-corrected chi connectivity index (χ2v) is 4.16. The average Bonchev–Trinajstić information content (AvgIpc) is 2.85. The first kappa shape index (κ1) is 8.45. The molecule has 1 aromatic carbocycles. The standard InChI is InChI=1S/C12H15N2/c1-2-6-11-10(5-1)9-13-12(11)14-7-3-4-8-14/h1-2,5-6,12H,3-4,7-9H2. The van der Waals surface area contributed by atoms with E-state index in [2.05, 4.69) is 29.2 Å². The van der Waals surface area contributed by atoms with Crippen LogP contribution in [0.1, 0.15) is 30.1 Å². The zero-order valence-electron chi connectivity index (χ0n) is 8.32. The monoisotopic (exact) mass is 187 g/mol. The predicted molar refractivity (Wildman–Crippen MR) is 55.8 cm³/mol. The van der Waals surface area contributed by atoms with E-state index in [1.807, 2.05) is 0 Å². The lowest BCUT2D eigenvalue weighted by Gasteiger charge is -2.22. The molecule has 0 N–H and O–H groups in total. The molecule has 2 aliphatic heterocycles. The third-order valence-corrected chi connectivity index (χ3v) is 3.25. The SMILES string of the molecule is c1ccc2c(c1)C[N]C2N1CCCC1. The normalized spacial score (nSPS) is 26.7. The van der Waals surface area contributed by atoms with Gasteiger partial charge >= 0.3 is 0 Å². The van der Waals surface area contributed by atoms with Crippen LogP contribution in [0, 0.1) is 0 Å². The molecule has 1 atom stereocenters. The third-order valence-electron chi connectivity index (χ3n) is 3.25. The Bertz CT molecular complexity index is 329. The van der Waals surface area contributed by atoms with E-state index in [9.17, 15) is 0 Å². The maximum atomic E-state index is 4.71. The lowest BCUT2D eigenvalue weighted by atomic mass is 10.1. The van der Waals surface area contributed by atoms with Gasteiger partial charge in [0, 0.05) is 19.6 Å². The fraction of sp³-hybridized carbons (Fsp3) is 0.500. The van der Waals surface area contributed by atoms with Crippen molar-refractivity contribution in [3.63, 3.8) is 0 Å². The Morgan fingerprint density at radius 2 is 1.93 bits per heavy atom. The van der Waals surface area contributed by atoms with E-state index in [-0.39, 0.29) is 0 Å². The minimum atomic E-state index is 0.369.